The minimum absolute atomic E-state index is 0.0674. The molecular weight excluding hydrogens is 482 g/mol. The molecule has 0 bridgehead atoms. The summed E-state index contributed by atoms with van der Waals surface area (Å²) in [7, 11) is 0. The first kappa shape index (κ1) is 22.8. The highest BCUT2D eigenvalue weighted by molar-refractivity contribution is 7.18. The number of para-hydroxylation sites is 1. The van der Waals surface area contributed by atoms with E-state index in [0.717, 1.165) is 15.9 Å². The number of carbonyl (C=O) groups excluding carboxylic acids is 2. The average Bonchev–Trinajstić information content (AvgIpc) is 3.41. The van der Waals surface area contributed by atoms with Crippen molar-refractivity contribution in [3.05, 3.63) is 94.0 Å². The van der Waals surface area contributed by atoms with Gasteiger partial charge in [-0.2, -0.15) is 0 Å². The van der Waals surface area contributed by atoms with Crippen molar-refractivity contribution < 1.29 is 18.4 Å². The van der Waals surface area contributed by atoms with Gasteiger partial charge in [0.25, 0.3) is 11.8 Å². The molecule has 4 aromatic rings. The van der Waals surface area contributed by atoms with E-state index in [0.29, 0.717) is 42.3 Å². The summed E-state index contributed by atoms with van der Waals surface area (Å²) < 4.78 is 29.2. The van der Waals surface area contributed by atoms with Crippen molar-refractivity contribution in [2.75, 3.05) is 31.1 Å². The van der Waals surface area contributed by atoms with Gasteiger partial charge in [-0.25, -0.2) is 13.8 Å². The van der Waals surface area contributed by atoms with E-state index >= 15 is 0 Å². The van der Waals surface area contributed by atoms with Gasteiger partial charge < -0.3 is 4.90 Å². The minimum Gasteiger partial charge on any atom is -0.368 e. The fourth-order valence-corrected chi connectivity index (χ4v) is 5.86. The molecule has 0 N–H and O–H groups in total. The molecule has 0 aliphatic carbocycles. The van der Waals surface area contributed by atoms with Gasteiger partial charge in [-0.3, -0.25) is 19.4 Å². The first-order chi connectivity index (χ1) is 17.5. The molecule has 1 aromatic heterocycles. The zero-order valence-electron chi connectivity index (χ0n) is 19.3. The van der Waals surface area contributed by atoms with Crippen LogP contribution in [0.4, 0.5) is 14.5 Å². The van der Waals surface area contributed by atoms with E-state index in [2.05, 4.69) is 9.88 Å². The maximum atomic E-state index is 14.1. The summed E-state index contributed by atoms with van der Waals surface area (Å²) in [5, 5.41) is 0.709. The molecule has 0 atom stereocenters. The highest BCUT2D eigenvalue weighted by Crippen LogP contribution is 2.34. The van der Waals surface area contributed by atoms with Gasteiger partial charge >= 0.3 is 0 Å². The van der Waals surface area contributed by atoms with Crippen LogP contribution in [0.15, 0.2) is 60.7 Å². The molecule has 6 rings (SSSR count). The fraction of sp³-hybridized carbons (Fsp3) is 0.222. The number of amides is 2. The number of piperazine rings is 1. The third kappa shape index (κ3) is 3.94. The van der Waals surface area contributed by atoms with Crippen LogP contribution in [0.3, 0.4) is 0 Å². The molecule has 1 saturated heterocycles. The topological polar surface area (TPSA) is 56.8 Å². The van der Waals surface area contributed by atoms with Gasteiger partial charge in [0.2, 0.25) is 0 Å². The zero-order valence-corrected chi connectivity index (χ0v) is 20.1. The summed E-state index contributed by atoms with van der Waals surface area (Å²) in [5.74, 6) is -1.73. The Kier molecular flexibility index (Phi) is 5.73. The van der Waals surface area contributed by atoms with Gasteiger partial charge in [-0.1, -0.05) is 24.3 Å². The van der Waals surface area contributed by atoms with E-state index in [1.54, 1.807) is 12.1 Å². The molecule has 0 saturated carbocycles. The Morgan fingerprint density at radius 2 is 1.53 bits per heavy atom. The van der Waals surface area contributed by atoms with E-state index in [9.17, 15) is 18.4 Å². The number of halogens is 2. The highest BCUT2D eigenvalue weighted by Gasteiger charge is 2.39. The third-order valence-corrected chi connectivity index (χ3v) is 7.79. The second-order valence-electron chi connectivity index (χ2n) is 8.93. The molecule has 36 heavy (non-hydrogen) atoms. The Bertz CT molecular complexity index is 1440. The van der Waals surface area contributed by atoms with Crippen molar-refractivity contribution in [1.82, 2.24) is 14.8 Å². The van der Waals surface area contributed by atoms with Gasteiger partial charge in [0.1, 0.15) is 16.6 Å². The van der Waals surface area contributed by atoms with Crippen molar-refractivity contribution in [3.8, 4) is 0 Å². The van der Waals surface area contributed by atoms with Crippen LogP contribution in [0.5, 0.6) is 0 Å². The van der Waals surface area contributed by atoms with Gasteiger partial charge in [0.05, 0.1) is 33.6 Å². The normalized spacial score (nSPS) is 16.3. The molecule has 0 spiro atoms. The van der Waals surface area contributed by atoms with E-state index in [-0.39, 0.29) is 30.5 Å². The van der Waals surface area contributed by atoms with E-state index in [1.807, 2.05) is 35.2 Å². The van der Waals surface area contributed by atoms with E-state index < -0.39 is 11.6 Å². The van der Waals surface area contributed by atoms with Crippen LogP contribution in [-0.4, -0.2) is 52.8 Å². The van der Waals surface area contributed by atoms with Crippen LogP contribution in [0.1, 0.15) is 31.3 Å². The van der Waals surface area contributed by atoms with Crippen molar-refractivity contribution in [2.45, 2.75) is 13.1 Å². The predicted octanol–water partition coefficient (Wildman–Crippen LogP) is 4.69. The average molecular weight is 505 g/mol. The number of anilines is 1. The number of hydrogen-bond acceptors (Lipinski definition) is 6. The number of benzene rings is 3. The number of aromatic nitrogens is 1. The quantitative estimate of drug-likeness (QED) is 0.369. The maximum Gasteiger partial charge on any atom is 0.264 e. The minimum atomic E-state index is -0.546. The molecule has 9 heteroatoms. The second kappa shape index (κ2) is 9.07. The first-order valence-corrected chi connectivity index (χ1v) is 12.5. The number of carbonyl (C=O) groups is 2. The Morgan fingerprint density at radius 1 is 0.806 bits per heavy atom. The molecule has 3 heterocycles. The monoisotopic (exact) mass is 504 g/mol. The van der Waals surface area contributed by atoms with Crippen molar-refractivity contribution in [2.24, 2.45) is 0 Å². The maximum absolute atomic E-state index is 14.1. The Labute approximate surface area is 210 Å². The number of fused-ring (bicyclic) bond motifs is 2. The molecule has 2 aliphatic rings. The van der Waals surface area contributed by atoms with Crippen LogP contribution >= 0.6 is 11.3 Å². The highest BCUT2D eigenvalue weighted by atomic mass is 32.1. The summed E-state index contributed by atoms with van der Waals surface area (Å²) >= 11 is 1.48. The zero-order chi connectivity index (χ0) is 24.8. The van der Waals surface area contributed by atoms with Gasteiger partial charge in [-0.05, 0) is 36.4 Å². The first-order valence-electron chi connectivity index (χ1n) is 11.7. The molecule has 0 radical (unpaired) electrons. The van der Waals surface area contributed by atoms with Crippen LogP contribution in [0.2, 0.25) is 0 Å². The Balaban J connectivity index is 1.19. The number of imide groups is 1. The molecule has 1 fully saturated rings. The second-order valence-corrected chi connectivity index (χ2v) is 10.1. The van der Waals surface area contributed by atoms with E-state index in [1.165, 1.54) is 34.4 Å². The SMILES string of the molecule is O=C1c2cccc(N3CCN(Cc4c(F)cccc4F)CC3)c2C(=O)N1Cc1nc2ccccc2s1. The van der Waals surface area contributed by atoms with E-state index in [4.69, 9.17) is 0 Å². The molecule has 2 aliphatic heterocycles. The molecule has 0 unspecified atom stereocenters. The summed E-state index contributed by atoms with van der Waals surface area (Å²) in [6.45, 7) is 2.63. The molecular formula is C27H22F2N4O2S. The Hall–Kier alpha value is -3.69. The Morgan fingerprint density at radius 3 is 2.28 bits per heavy atom. The van der Waals surface area contributed by atoms with Gasteiger partial charge in [0, 0.05) is 38.3 Å². The van der Waals surface area contributed by atoms with Crippen LogP contribution in [0, 0.1) is 11.6 Å². The van der Waals surface area contributed by atoms with Crippen molar-refractivity contribution in [1.29, 1.82) is 0 Å². The third-order valence-electron chi connectivity index (χ3n) is 6.76. The summed E-state index contributed by atoms with van der Waals surface area (Å²) in [4.78, 5) is 36.5. The van der Waals surface area contributed by atoms with Crippen LogP contribution in [-0.2, 0) is 13.1 Å². The molecule has 3 aromatic carbocycles. The lowest BCUT2D eigenvalue weighted by atomic mass is 10.1. The van der Waals surface area contributed by atoms with Gasteiger partial charge in [-0.15, -0.1) is 11.3 Å². The van der Waals surface area contributed by atoms with Crippen molar-refractivity contribution >= 4 is 39.1 Å². The lowest BCUT2D eigenvalue weighted by Gasteiger charge is -2.36. The number of nitrogens with zero attached hydrogens (tertiary/aromatic N) is 4. The smallest absolute Gasteiger partial charge is 0.264 e. The standard InChI is InChI=1S/C27H22F2N4O2S/c28-19-6-4-7-20(29)18(19)15-31-11-13-32(14-12-31)22-9-3-5-17-25(22)27(35)33(26(17)34)16-24-30-21-8-1-2-10-23(21)36-24/h1-10H,11-16H2. The number of hydrogen-bond donors (Lipinski definition) is 0. The molecule has 2 amide bonds. The lowest BCUT2D eigenvalue weighted by molar-refractivity contribution is 0.0642. The fourth-order valence-electron chi connectivity index (χ4n) is 4.90. The predicted molar refractivity (Wildman–Crippen MR) is 134 cm³/mol. The molecule has 182 valence electrons. The molecule has 6 nitrogen and oxygen atoms in total. The summed E-state index contributed by atoms with van der Waals surface area (Å²) in [6.07, 6.45) is 0. The number of rotatable bonds is 5. The largest absolute Gasteiger partial charge is 0.368 e. The van der Waals surface area contributed by atoms with Crippen LogP contribution in [0.25, 0.3) is 10.2 Å². The summed E-state index contributed by atoms with van der Waals surface area (Å²) in [5.41, 5.74) is 2.45. The lowest BCUT2D eigenvalue weighted by Crippen LogP contribution is -2.46. The van der Waals surface area contributed by atoms with Gasteiger partial charge in [0.15, 0.2) is 0 Å². The van der Waals surface area contributed by atoms with Crippen LogP contribution < -0.4 is 4.90 Å². The van der Waals surface area contributed by atoms with Crippen molar-refractivity contribution in [3.63, 3.8) is 0 Å². The number of thiazole rings is 1. The summed E-state index contributed by atoms with van der Waals surface area (Å²) in [6, 6.07) is 17.0.